The summed E-state index contributed by atoms with van der Waals surface area (Å²) in [7, 11) is 0. The minimum atomic E-state index is -0.645. The molecule has 3 amide bonds. The Morgan fingerprint density at radius 1 is 0.833 bits per heavy atom. The fourth-order valence-corrected chi connectivity index (χ4v) is 2.81. The van der Waals surface area contributed by atoms with E-state index >= 15 is 0 Å². The highest BCUT2D eigenvalue weighted by molar-refractivity contribution is 6.09. The van der Waals surface area contributed by atoms with Crippen molar-refractivity contribution >= 4 is 23.4 Å². The van der Waals surface area contributed by atoms with Crippen molar-refractivity contribution in [3.63, 3.8) is 0 Å². The van der Waals surface area contributed by atoms with E-state index in [1.807, 2.05) is 30.3 Å². The Bertz CT molecular complexity index is 1140. The number of pyridine rings is 1. The summed E-state index contributed by atoms with van der Waals surface area (Å²) in [5, 5.41) is 5.16. The molecule has 0 bridgehead atoms. The largest absolute Gasteiger partial charge is 0.370 e. The van der Waals surface area contributed by atoms with Crippen molar-refractivity contribution in [2.75, 3.05) is 11.9 Å². The number of para-hydroxylation sites is 1. The number of aromatic nitrogens is 1. The van der Waals surface area contributed by atoms with Gasteiger partial charge in [-0.3, -0.25) is 19.2 Å². The molecule has 1 heterocycles. The van der Waals surface area contributed by atoms with Crippen molar-refractivity contribution in [3.8, 4) is 11.3 Å². The lowest BCUT2D eigenvalue weighted by atomic mass is 10.1. The Kier molecular flexibility index (Phi) is 6.39. The SMILES string of the molecule is NC(=O)CCNC(=O)c1ccccc1NC(=O)c1ccc(-c2ccccc2)[nH]c1=O. The Balaban J connectivity index is 1.77. The van der Waals surface area contributed by atoms with Crippen molar-refractivity contribution in [2.45, 2.75) is 6.42 Å². The molecule has 8 heteroatoms. The first-order valence-corrected chi connectivity index (χ1v) is 9.21. The monoisotopic (exact) mass is 404 g/mol. The van der Waals surface area contributed by atoms with Crippen LogP contribution < -0.4 is 21.9 Å². The number of primary amides is 1. The fourth-order valence-electron chi connectivity index (χ4n) is 2.81. The van der Waals surface area contributed by atoms with Gasteiger partial charge in [0.05, 0.1) is 11.3 Å². The highest BCUT2D eigenvalue weighted by Crippen LogP contribution is 2.17. The van der Waals surface area contributed by atoms with Crippen LogP contribution in [0.4, 0.5) is 5.69 Å². The molecule has 3 aromatic rings. The van der Waals surface area contributed by atoms with E-state index < -0.39 is 23.3 Å². The van der Waals surface area contributed by atoms with E-state index in [2.05, 4.69) is 15.6 Å². The van der Waals surface area contributed by atoms with E-state index in [9.17, 15) is 19.2 Å². The summed E-state index contributed by atoms with van der Waals surface area (Å²) in [6, 6.07) is 18.7. The number of hydrogen-bond acceptors (Lipinski definition) is 4. The van der Waals surface area contributed by atoms with Gasteiger partial charge in [0.15, 0.2) is 0 Å². The number of amides is 3. The maximum Gasteiger partial charge on any atom is 0.261 e. The molecule has 0 spiro atoms. The topological polar surface area (TPSA) is 134 Å². The lowest BCUT2D eigenvalue weighted by molar-refractivity contribution is -0.117. The van der Waals surface area contributed by atoms with Crippen LogP contribution in [0, 0.1) is 0 Å². The van der Waals surface area contributed by atoms with Crippen molar-refractivity contribution in [2.24, 2.45) is 5.73 Å². The standard InChI is InChI=1S/C22H20N4O4/c23-19(27)12-13-24-20(28)15-8-4-5-9-18(15)26-22(30)16-10-11-17(25-21(16)29)14-6-2-1-3-7-14/h1-11H,12-13H2,(H2,23,27)(H,24,28)(H,25,29)(H,26,30). The van der Waals surface area contributed by atoms with Gasteiger partial charge < -0.3 is 21.4 Å². The van der Waals surface area contributed by atoms with Gasteiger partial charge in [-0.2, -0.15) is 0 Å². The van der Waals surface area contributed by atoms with Crippen LogP contribution in [0.15, 0.2) is 71.5 Å². The second kappa shape index (κ2) is 9.33. The van der Waals surface area contributed by atoms with Crippen LogP contribution in [-0.4, -0.2) is 29.3 Å². The molecule has 5 N–H and O–H groups in total. The first-order valence-electron chi connectivity index (χ1n) is 9.21. The number of H-pyrrole nitrogens is 1. The van der Waals surface area contributed by atoms with Crippen LogP contribution in [0.25, 0.3) is 11.3 Å². The number of carbonyl (C=O) groups excluding carboxylic acids is 3. The van der Waals surface area contributed by atoms with Crippen molar-refractivity contribution in [3.05, 3.63) is 88.2 Å². The molecule has 0 atom stereocenters. The van der Waals surface area contributed by atoms with Crippen LogP contribution in [0.2, 0.25) is 0 Å². The lowest BCUT2D eigenvalue weighted by Crippen LogP contribution is -2.29. The number of benzene rings is 2. The molecule has 0 aliphatic heterocycles. The van der Waals surface area contributed by atoms with Gasteiger partial charge in [0.2, 0.25) is 5.91 Å². The number of anilines is 1. The summed E-state index contributed by atoms with van der Waals surface area (Å²) in [5.41, 5.74) is 6.28. The lowest BCUT2D eigenvalue weighted by Gasteiger charge is -2.11. The molecule has 0 saturated heterocycles. The Morgan fingerprint density at radius 3 is 2.23 bits per heavy atom. The molecule has 0 saturated carbocycles. The zero-order valence-corrected chi connectivity index (χ0v) is 16.0. The van der Waals surface area contributed by atoms with Crippen LogP contribution >= 0.6 is 0 Å². The Labute approximate surface area is 172 Å². The van der Waals surface area contributed by atoms with Crippen molar-refractivity contribution < 1.29 is 14.4 Å². The maximum atomic E-state index is 12.6. The number of aromatic amines is 1. The van der Waals surface area contributed by atoms with Gasteiger partial charge in [0.1, 0.15) is 5.56 Å². The van der Waals surface area contributed by atoms with Crippen molar-refractivity contribution in [1.82, 2.24) is 10.3 Å². The summed E-state index contributed by atoms with van der Waals surface area (Å²) in [6.07, 6.45) is 0.00338. The van der Waals surface area contributed by atoms with Gasteiger partial charge in [-0.15, -0.1) is 0 Å². The maximum absolute atomic E-state index is 12.6. The molecule has 0 unspecified atom stereocenters. The molecule has 3 rings (SSSR count). The average Bonchev–Trinajstić information content (AvgIpc) is 2.74. The van der Waals surface area contributed by atoms with Gasteiger partial charge in [-0.05, 0) is 29.8 Å². The van der Waals surface area contributed by atoms with E-state index in [0.29, 0.717) is 5.69 Å². The summed E-state index contributed by atoms with van der Waals surface area (Å²) in [4.78, 5) is 50.9. The summed E-state index contributed by atoms with van der Waals surface area (Å²) < 4.78 is 0. The third-order valence-corrected chi connectivity index (χ3v) is 4.32. The minimum absolute atomic E-state index is 0.00338. The molecule has 152 valence electrons. The molecule has 8 nitrogen and oxygen atoms in total. The van der Waals surface area contributed by atoms with Crippen LogP contribution in [0.1, 0.15) is 27.1 Å². The molecular weight excluding hydrogens is 384 g/mol. The van der Waals surface area contributed by atoms with Gasteiger partial charge in [0, 0.05) is 18.7 Å². The molecule has 0 aliphatic carbocycles. The first-order chi connectivity index (χ1) is 14.5. The zero-order chi connectivity index (χ0) is 21.5. The third-order valence-electron chi connectivity index (χ3n) is 4.32. The summed E-state index contributed by atoms with van der Waals surface area (Å²) in [5.74, 6) is -1.65. The quantitative estimate of drug-likeness (QED) is 0.478. The highest BCUT2D eigenvalue weighted by Gasteiger charge is 2.16. The first kappa shape index (κ1) is 20.5. The number of nitrogens with two attached hydrogens (primary N) is 1. The number of rotatable bonds is 7. The molecule has 1 aromatic heterocycles. The summed E-state index contributed by atoms with van der Waals surface area (Å²) >= 11 is 0. The van der Waals surface area contributed by atoms with Gasteiger partial charge >= 0.3 is 0 Å². The number of carbonyl (C=O) groups is 3. The van der Waals surface area contributed by atoms with Crippen LogP contribution in [0.5, 0.6) is 0 Å². The predicted molar refractivity (Wildman–Crippen MR) is 113 cm³/mol. The van der Waals surface area contributed by atoms with Crippen LogP contribution in [-0.2, 0) is 4.79 Å². The van der Waals surface area contributed by atoms with E-state index in [0.717, 1.165) is 5.56 Å². The molecule has 2 aromatic carbocycles. The smallest absolute Gasteiger partial charge is 0.261 e. The molecule has 0 radical (unpaired) electrons. The van der Waals surface area contributed by atoms with Gasteiger partial charge in [-0.1, -0.05) is 42.5 Å². The second-order valence-electron chi connectivity index (χ2n) is 6.45. The van der Waals surface area contributed by atoms with Crippen LogP contribution in [0.3, 0.4) is 0 Å². The predicted octanol–water partition coefficient (Wildman–Crippen LogP) is 1.90. The molecule has 30 heavy (non-hydrogen) atoms. The second-order valence-corrected chi connectivity index (χ2v) is 6.45. The molecule has 0 aliphatic rings. The molecular formula is C22H20N4O4. The number of hydrogen-bond donors (Lipinski definition) is 4. The molecule has 0 fully saturated rings. The summed E-state index contributed by atoms with van der Waals surface area (Å²) in [6.45, 7) is 0.0804. The van der Waals surface area contributed by atoms with Crippen molar-refractivity contribution in [1.29, 1.82) is 0 Å². The average molecular weight is 404 g/mol. The van der Waals surface area contributed by atoms with E-state index in [4.69, 9.17) is 5.73 Å². The van der Waals surface area contributed by atoms with E-state index in [-0.39, 0.29) is 29.8 Å². The van der Waals surface area contributed by atoms with Gasteiger partial charge in [0.25, 0.3) is 17.4 Å². The number of nitrogens with one attached hydrogen (secondary N) is 3. The zero-order valence-electron chi connectivity index (χ0n) is 16.0. The highest BCUT2D eigenvalue weighted by atomic mass is 16.2. The third kappa shape index (κ3) is 4.99. The fraction of sp³-hybridized carbons (Fsp3) is 0.0909. The Morgan fingerprint density at radius 2 is 1.53 bits per heavy atom. The van der Waals surface area contributed by atoms with Gasteiger partial charge in [-0.25, -0.2) is 0 Å². The van der Waals surface area contributed by atoms with E-state index in [1.165, 1.54) is 12.1 Å². The van der Waals surface area contributed by atoms with E-state index in [1.54, 1.807) is 24.3 Å². The Hall–Kier alpha value is -4.20. The normalized spacial score (nSPS) is 10.3. The minimum Gasteiger partial charge on any atom is -0.370 e.